The number of fused-ring (bicyclic) bond motifs is 1. The van der Waals surface area contributed by atoms with Crippen molar-refractivity contribution in [3.05, 3.63) is 70.8 Å². The molecule has 0 saturated carbocycles. The van der Waals surface area contributed by atoms with Crippen LogP contribution in [0.4, 0.5) is 11.6 Å². The van der Waals surface area contributed by atoms with Gasteiger partial charge >= 0.3 is 0 Å². The third kappa shape index (κ3) is 4.65. The molecule has 3 aromatic rings. The van der Waals surface area contributed by atoms with E-state index in [1.54, 1.807) is 6.20 Å². The van der Waals surface area contributed by atoms with E-state index in [9.17, 15) is 9.70 Å². The molecule has 2 aromatic heterocycles. The molecule has 0 spiro atoms. The predicted octanol–water partition coefficient (Wildman–Crippen LogP) is 3.24. The predicted molar refractivity (Wildman–Crippen MR) is 115 cm³/mol. The molecule has 0 fully saturated rings. The van der Waals surface area contributed by atoms with Crippen molar-refractivity contribution in [1.82, 2.24) is 15.0 Å². The van der Waals surface area contributed by atoms with Gasteiger partial charge in [0, 0.05) is 43.5 Å². The minimum absolute atomic E-state index is 0.0147. The molecule has 0 aliphatic carbocycles. The Morgan fingerprint density at radius 3 is 2.43 bits per heavy atom. The van der Waals surface area contributed by atoms with Gasteiger partial charge in [-0.25, -0.2) is 9.97 Å². The van der Waals surface area contributed by atoms with E-state index < -0.39 is 5.91 Å². The van der Waals surface area contributed by atoms with Gasteiger partial charge in [-0.05, 0) is 36.1 Å². The van der Waals surface area contributed by atoms with Crippen LogP contribution in [-0.4, -0.2) is 40.5 Å². The molecule has 1 N–H and O–H groups in total. The van der Waals surface area contributed by atoms with Crippen molar-refractivity contribution in [1.29, 1.82) is 0 Å². The van der Waals surface area contributed by atoms with Gasteiger partial charge in [0.2, 0.25) is 0 Å². The number of pyridine rings is 1. The smallest absolute Gasteiger partial charge is 0.288 e. The highest BCUT2D eigenvalue weighted by Crippen LogP contribution is 2.24. The summed E-state index contributed by atoms with van der Waals surface area (Å²) in [4.78, 5) is 37.4. The van der Waals surface area contributed by atoms with Crippen LogP contribution in [0.2, 0.25) is 0 Å². The van der Waals surface area contributed by atoms with Gasteiger partial charge in [0.25, 0.3) is 5.91 Å². The Bertz CT molecular complexity index is 1010. The van der Waals surface area contributed by atoms with Crippen LogP contribution in [0.25, 0.3) is 11.5 Å². The fourth-order valence-corrected chi connectivity index (χ4v) is 3.54. The lowest BCUT2D eigenvalue weighted by atomic mass is 10.0. The van der Waals surface area contributed by atoms with E-state index in [-0.39, 0.29) is 13.0 Å². The molecule has 0 radical (unpaired) electrons. The molecule has 3 heterocycles. The highest BCUT2D eigenvalue weighted by atomic mass is 16.3. The second-order valence-electron chi connectivity index (χ2n) is 7.07. The second kappa shape index (κ2) is 9.21. The fourth-order valence-electron chi connectivity index (χ4n) is 3.54. The first-order valence-corrected chi connectivity index (χ1v) is 9.95. The first kappa shape index (κ1) is 19.6. The number of benzene rings is 1. The molecule has 0 atom stereocenters. The van der Waals surface area contributed by atoms with Gasteiger partial charge in [-0.1, -0.05) is 30.3 Å². The third-order valence-corrected chi connectivity index (χ3v) is 5.10. The summed E-state index contributed by atoms with van der Waals surface area (Å²) in [6.45, 7) is 1.97. The lowest BCUT2D eigenvalue weighted by Crippen LogP contribution is -2.27. The molecule has 8 heteroatoms. The summed E-state index contributed by atoms with van der Waals surface area (Å²) in [5.41, 5.74) is 3.42. The van der Waals surface area contributed by atoms with Crippen molar-refractivity contribution >= 4 is 17.5 Å². The van der Waals surface area contributed by atoms with Gasteiger partial charge in [-0.2, -0.15) is 0 Å². The van der Waals surface area contributed by atoms with Crippen molar-refractivity contribution in [3.8, 4) is 11.5 Å². The largest absolute Gasteiger partial charge is 0.369 e. The maximum Gasteiger partial charge on any atom is 0.288 e. The average Bonchev–Trinajstić information content (AvgIpc) is 3.02. The van der Waals surface area contributed by atoms with Crippen LogP contribution >= 0.6 is 0 Å². The number of nitroso groups, excluding NO2 is 1. The van der Waals surface area contributed by atoms with Gasteiger partial charge < -0.3 is 10.2 Å². The van der Waals surface area contributed by atoms with E-state index in [0.717, 1.165) is 31.7 Å². The molecule has 152 valence electrons. The summed E-state index contributed by atoms with van der Waals surface area (Å²) in [6, 6.07) is 16.0. The van der Waals surface area contributed by atoms with E-state index in [0.29, 0.717) is 17.3 Å². The molecule has 30 heavy (non-hydrogen) atoms. The topological polar surface area (TPSA) is 100 Å². The third-order valence-electron chi connectivity index (χ3n) is 5.10. The van der Waals surface area contributed by atoms with E-state index in [1.165, 1.54) is 11.1 Å². The zero-order valence-electron chi connectivity index (χ0n) is 16.5. The minimum atomic E-state index is -0.688. The maximum absolute atomic E-state index is 11.2. The lowest BCUT2D eigenvalue weighted by molar-refractivity contribution is -0.117. The molecule has 1 amide bonds. The Balaban J connectivity index is 1.60. The van der Waals surface area contributed by atoms with Crippen molar-refractivity contribution in [3.63, 3.8) is 0 Å². The fraction of sp³-hybridized carbons (Fsp3) is 0.273. The summed E-state index contributed by atoms with van der Waals surface area (Å²) in [5, 5.41) is 5.53. The number of carbonyl (C=O) groups is 1. The van der Waals surface area contributed by atoms with Crippen molar-refractivity contribution in [2.75, 3.05) is 29.9 Å². The number of hydrogen-bond donors (Lipinski definition) is 1. The maximum atomic E-state index is 11.2. The first-order valence-electron chi connectivity index (χ1n) is 9.95. The van der Waals surface area contributed by atoms with Crippen molar-refractivity contribution < 1.29 is 4.79 Å². The van der Waals surface area contributed by atoms with E-state index in [2.05, 4.69) is 49.6 Å². The number of anilines is 2. The number of rotatable bonds is 6. The standard InChI is InChI=1S/C22H22N6O2/c29-21(27-30)8-12-24-19-15-20(26-22(25-19)18-7-3-4-11-23-18)28-13-9-16-5-1-2-6-17(16)10-14-28/h1-7,11,15H,8-10,12-14H2,(H,24,25,26). The van der Waals surface area contributed by atoms with Crippen LogP contribution in [0.5, 0.6) is 0 Å². The SMILES string of the molecule is O=NC(=O)CCNc1cc(N2CCc3ccccc3CC2)nc(-c2ccccn2)n1. The number of carbonyl (C=O) groups excluding carboxylic acids is 1. The monoisotopic (exact) mass is 402 g/mol. The minimum Gasteiger partial charge on any atom is -0.369 e. The van der Waals surface area contributed by atoms with Crippen LogP contribution < -0.4 is 10.2 Å². The zero-order chi connectivity index (χ0) is 20.8. The number of hydrogen-bond acceptors (Lipinski definition) is 7. The summed E-state index contributed by atoms with van der Waals surface area (Å²) in [6.07, 6.45) is 3.61. The number of aromatic nitrogens is 3. The first-order chi connectivity index (χ1) is 14.7. The molecule has 4 rings (SSSR count). The Labute approximate surface area is 174 Å². The summed E-state index contributed by atoms with van der Waals surface area (Å²) in [7, 11) is 0. The Hall–Kier alpha value is -3.68. The Kier molecular flexibility index (Phi) is 6.03. The van der Waals surface area contributed by atoms with Crippen LogP contribution in [-0.2, 0) is 17.6 Å². The van der Waals surface area contributed by atoms with Crippen LogP contribution in [0.3, 0.4) is 0 Å². The number of nitrogens with zero attached hydrogens (tertiary/aromatic N) is 5. The highest BCUT2D eigenvalue weighted by molar-refractivity contribution is 5.77. The quantitative estimate of drug-likeness (QED) is 0.632. The zero-order valence-corrected chi connectivity index (χ0v) is 16.5. The summed E-state index contributed by atoms with van der Waals surface area (Å²) >= 11 is 0. The summed E-state index contributed by atoms with van der Waals surface area (Å²) in [5.74, 6) is 1.21. The molecule has 0 bridgehead atoms. The van der Waals surface area contributed by atoms with E-state index in [1.807, 2.05) is 24.3 Å². The average molecular weight is 402 g/mol. The normalized spacial score (nSPS) is 13.3. The Morgan fingerprint density at radius 2 is 1.77 bits per heavy atom. The molecule has 1 aliphatic rings. The van der Waals surface area contributed by atoms with E-state index in [4.69, 9.17) is 4.98 Å². The summed E-state index contributed by atoms with van der Waals surface area (Å²) < 4.78 is 0. The van der Waals surface area contributed by atoms with Gasteiger partial charge in [0.1, 0.15) is 17.3 Å². The molecule has 0 unspecified atom stereocenters. The van der Waals surface area contributed by atoms with E-state index >= 15 is 0 Å². The van der Waals surface area contributed by atoms with Gasteiger partial charge in [0.15, 0.2) is 5.82 Å². The molecule has 1 aromatic carbocycles. The molecular weight excluding hydrogens is 380 g/mol. The van der Waals surface area contributed by atoms with Crippen molar-refractivity contribution in [2.24, 2.45) is 5.18 Å². The van der Waals surface area contributed by atoms with Crippen LogP contribution in [0, 0.1) is 4.91 Å². The second-order valence-corrected chi connectivity index (χ2v) is 7.07. The van der Waals surface area contributed by atoms with Gasteiger partial charge in [-0.15, -0.1) is 4.91 Å². The van der Waals surface area contributed by atoms with Crippen LogP contribution in [0.15, 0.2) is 59.9 Å². The number of amides is 1. The van der Waals surface area contributed by atoms with Crippen LogP contribution in [0.1, 0.15) is 17.5 Å². The molecule has 1 aliphatic heterocycles. The molecule has 8 nitrogen and oxygen atoms in total. The Morgan fingerprint density at radius 1 is 1.03 bits per heavy atom. The van der Waals surface area contributed by atoms with Crippen molar-refractivity contribution in [2.45, 2.75) is 19.3 Å². The highest BCUT2D eigenvalue weighted by Gasteiger charge is 2.17. The van der Waals surface area contributed by atoms with Gasteiger partial charge in [-0.3, -0.25) is 9.78 Å². The molecule has 0 saturated heterocycles. The van der Waals surface area contributed by atoms with Gasteiger partial charge in [0.05, 0.1) is 0 Å². The number of nitrogens with one attached hydrogen (secondary N) is 1. The lowest BCUT2D eigenvalue weighted by Gasteiger charge is -2.22. The molecular formula is C22H22N6O2.